The van der Waals surface area contributed by atoms with Crippen molar-refractivity contribution >= 4 is 33.7 Å². The van der Waals surface area contributed by atoms with Crippen LogP contribution in [0.25, 0.3) is 11.4 Å². The Morgan fingerprint density at radius 3 is 2.67 bits per heavy atom. The number of carboxylic acid groups (broad SMARTS) is 1. The first kappa shape index (κ1) is 16.0. The number of aliphatic carboxylic acids is 1. The van der Waals surface area contributed by atoms with Gasteiger partial charge in [-0.3, -0.25) is 9.36 Å². The molecule has 5 nitrogen and oxygen atoms in total. The molecule has 0 radical (unpaired) electrons. The number of aromatic nitrogens is 3. The fourth-order valence-corrected chi connectivity index (χ4v) is 3.15. The molecule has 21 heavy (non-hydrogen) atoms. The van der Waals surface area contributed by atoms with Crippen molar-refractivity contribution in [2.24, 2.45) is 0 Å². The lowest BCUT2D eigenvalue weighted by Gasteiger charge is -2.24. The van der Waals surface area contributed by atoms with Crippen LogP contribution in [0.1, 0.15) is 20.8 Å². The fraction of sp³-hybridized carbons (Fsp3) is 0.357. The SMILES string of the molecule is CC(C)(C)n1c(SCC(=O)O)nnc1-c1cccc(Br)c1. The Kier molecular flexibility index (Phi) is 4.73. The van der Waals surface area contributed by atoms with Crippen LogP contribution < -0.4 is 0 Å². The van der Waals surface area contributed by atoms with Crippen molar-refractivity contribution < 1.29 is 9.90 Å². The maximum absolute atomic E-state index is 10.8. The van der Waals surface area contributed by atoms with E-state index in [1.165, 1.54) is 11.8 Å². The van der Waals surface area contributed by atoms with Gasteiger partial charge in [-0.25, -0.2) is 0 Å². The van der Waals surface area contributed by atoms with E-state index in [2.05, 4.69) is 26.1 Å². The molecule has 1 aromatic carbocycles. The Balaban J connectivity index is 2.49. The third-order valence-corrected chi connectivity index (χ3v) is 4.12. The number of rotatable bonds is 4. The summed E-state index contributed by atoms with van der Waals surface area (Å²) in [6.45, 7) is 6.13. The van der Waals surface area contributed by atoms with E-state index >= 15 is 0 Å². The quantitative estimate of drug-likeness (QED) is 0.833. The second-order valence-electron chi connectivity index (χ2n) is 5.51. The first-order valence-corrected chi connectivity index (χ1v) is 8.13. The molecule has 1 aromatic heterocycles. The van der Waals surface area contributed by atoms with Gasteiger partial charge in [0.15, 0.2) is 11.0 Å². The molecule has 0 saturated heterocycles. The van der Waals surface area contributed by atoms with Gasteiger partial charge in [0.25, 0.3) is 0 Å². The highest BCUT2D eigenvalue weighted by Gasteiger charge is 2.24. The van der Waals surface area contributed by atoms with Crippen LogP contribution in [0.3, 0.4) is 0 Å². The van der Waals surface area contributed by atoms with Gasteiger partial charge in [0.2, 0.25) is 0 Å². The summed E-state index contributed by atoms with van der Waals surface area (Å²) in [4.78, 5) is 10.8. The molecule has 0 aliphatic heterocycles. The molecule has 2 rings (SSSR count). The lowest BCUT2D eigenvalue weighted by molar-refractivity contribution is -0.133. The lowest BCUT2D eigenvalue weighted by atomic mass is 10.1. The average Bonchev–Trinajstić information content (AvgIpc) is 2.80. The van der Waals surface area contributed by atoms with Crippen LogP contribution in [0.4, 0.5) is 0 Å². The summed E-state index contributed by atoms with van der Waals surface area (Å²) >= 11 is 4.63. The summed E-state index contributed by atoms with van der Waals surface area (Å²) in [5.41, 5.74) is 0.691. The highest BCUT2D eigenvalue weighted by atomic mass is 79.9. The van der Waals surface area contributed by atoms with Crippen LogP contribution in [0, 0.1) is 0 Å². The minimum absolute atomic E-state index is 0.0350. The van der Waals surface area contributed by atoms with E-state index in [9.17, 15) is 4.79 Å². The normalized spacial score (nSPS) is 11.6. The number of hydrogen-bond acceptors (Lipinski definition) is 4. The highest BCUT2D eigenvalue weighted by Crippen LogP contribution is 2.31. The third-order valence-electron chi connectivity index (χ3n) is 2.71. The van der Waals surface area contributed by atoms with Gasteiger partial charge in [0.1, 0.15) is 0 Å². The van der Waals surface area contributed by atoms with Crippen molar-refractivity contribution in [1.82, 2.24) is 14.8 Å². The van der Waals surface area contributed by atoms with E-state index < -0.39 is 5.97 Å². The number of benzene rings is 1. The zero-order valence-electron chi connectivity index (χ0n) is 12.0. The van der Waals surface area contributed by atoms with Crippen molar-refractivity contribution in [1.29, 1.82) is 0 Å². The van der Waals surface area contributed by atoms with Gasteiger partial charge in [-0.1, -0.05) is 39.8 Å². The number of nitrogens with zero attached hydrogens (tertiary/aromatic N) is 3. The van der Waals surface area contributed by atoms with Crippen LogP contribution in [0.2, 0.25) is 0 Å². The third kappa shape index (κ3) is 3.85. The summed E-state index contributed by atoms with van der Waals surface area (Å²) in [6.07, 6.45) is 0. The van der Waals surface area contributed by atoms with Gasteiger partial charge in [-0.15, -0.1) is 10.2 Å². The zero-order valence-corrected chi connectivity index (χ0v) is 14.4. The van der Waals surface area contributed by atoms with Crippen LogP contribution in [-0.4, -0.2) is 31.6 Å². The van der Waals surface area contributed by atoms with E-state index in [4.69, 9.17) is 5.11 Å². The fourth-order valence-electron chi connectivity index (χ4n) is 1.91. The summed E-state index contributed by atoms with van der Waals surface area (Å²) in [5.74, 6) is -0.170. The highest BCUT2D eigenvalue weighted by molar-refractivity contribution is 9.10. The summed E-state index contributed by atoms with van der Waals surface area (Å²) in [5, 5.41) is 17.9. The van der Waals surface area contributed by atoms with Crippen LogP contribution in [0.15, 0.2) is 33.9 Å². The van der Waals surface area contributed by atoms with E-state index in [1.807, 2.05) is 49.6 Å². The van der Waals surface area contributed by atoms with Crippen molar-refractivity contribution in [3.05, 3.63) is 28.7 Å². The molecular formula is C14H16BrN3O2S. The van der Waals surface area contributed by atoms with Crippen molar-refractivity contribution in [2.75, 3.05) is 5.75 Å². The van der Waals surface area contributed by atoms with Gasteiger partial charge in [0.05, 0.1) is 5.75 Å². The average molecular weight is 370 g/mol. The van der Waals surface area contributed by atoms with Crippen molar-refractivity contribution in [3.8, 4) is 11.4 Å². The molecule has 0 amide bonds. The van der Waals surface area contributed by atoms with E-state index in [0.29, 0.717) is 5.16 Å². The molecule has 0 atom stereocenters. The van der Waals surface area contributed by atoms with Gasteiger partial charge < -0.3 is 5.11 Å². The van der Waals surface area contributed by atoms with Gasteiger partial charge in [-0.05, 0) is 32.9 Å². The topological polar surface area (TPSA) is 68.0 Å². The molecule has 1 heterocycles. The first-order chi connectivity index (χ1) is 9.79. The van der Waals surface area contributed by atoms with E-state index in [-0.39, 0.29) is 11.3 Å². The second kappa shape index (κ2) is 6.19. The largest absolute Gasteiger partial charge is 0.481 e. The molecule has 1 N–H and O–H groups in total. The molecule has 0 unspecified atom stereocenters. The molecular weight excluding hydrogens is 354 g/mol. The Morgan fingerprint density at radius 2 is 2.10 bits per heavy atom. The molecule has 0 spiro atoms. The lowest BCUT2D eigenvalue weighted by Crippen LogP contribution is -2.24. The van der Waals surface area contributed by atoms with Crippen LogP contribution in [-0.2, 0) is 10.3 Å². The Labute approximate surface area is 135 Å². The van der Waals surface area contributed by atoms with Crippen LogP contribution in [0.5, 0.6) is 0 Å². The number of carboxylic acids is 1. The Hall–Kier alpha value is -1.34. The molecule has 0 aliphatic carbocycles. The smallest absolute Gasteiger partial charge is 0.313 e. The molecule has 112 valence electrons. The standard InChI is InChI=1S/C14H16BrN3O2S/c1-14(2,3)18-12(9-5-4-6-10(15)7-9)16-17-13(18)21-8-11(19)20/h4-7H,8H2,1-3H3,(H,19,20). The number of halogens is 1. The number of hydrogen-bond donors (Lipinski definition) is 1. The molecule has 2 aromatic rings. The van der Waals surface area contributed by atoms with E-state index in [1.54, 1.807) is 0 Å². The molecule has 7 heteroatoms. The molecule has 0 saturated carbocycles. The number of thioether (sulfide) groups is 1. The first-order valence-electron chi connectivity index (χ1n) is 6.35. The van der Waals surface area contributed by atoms with Gasteiger partial charge >= 0.3 is 5.97 Å². The van der Waals surface area contributed by atoms with Crippen LogP contribution >= 0.6 is 27.7 Å². The maximum Gasteiger partial charge on any atom is 0.313 e. The Morgan fingerprint density at radius 1 is 1.38 bits per heavy atom. The molecule has 0 aliphatic rings. The maximum atomic E-state index is 10.8. The molecule has 0 fully saturated rings. The van der Waals surface area contributed by atoms with Crippen molar-refractivity contribution in [2.45, 2.75) is 31.5 Å². The number of carbonyl (C=O) groups is 1. The zero-order chi connectivity index (χ0) is 15.6. The predicted molar refractivity (Wildman–Crippen MR) is 86.5 cm³/mol. The minimum atomic E-state index is -0.868. The van der Waals surface area contributed by atoms with Gasteiger partial charge in [0, 0.05) is 15.6 Å². The Bertz CT molecular complexity index is 664. The summed E-state index contributed by atoms with van der Waals surface area (Å²) in [7, 11) is 0. The van der Waals surface area contributed by atoms with Gasteiger partial charge in [-0.2, -0.15) is 0 Å². The monoisotopic (exact) mass is 369 g/mol. The predicted octanol–water partition coefficient (Wildman–Crippen LogP) is 3.64. The second-order valence-corrected chi connectivity index (χ2v) is 7.36. The van der Waals surface area contributed by atoms with E-state index in [0.717, 1.165) is 15.9 Å². The minimum Gasteiger partial charge on any atom is -0.481 e. The summed E-state index contributed by atoms with van der Waals surface area (Å²) < 4.78 is 2.94. The van der Waals surface area contributed by atoms with Crippen molar-refractivity contribution in [3.63, 3.8) is 0 Å². The summed E-state index contributed by atoms with van der Waals surface area (Å²) in [6, 6.07) is 7.81. The molecule has 0 bridgehead atoms.